The van der Waals surface area contributed by atoms with E-state index in [9.17, 15) is 4.79 Å². The van der Waals surface area contributed by atoms with Crippen LogP contribution in [0.25, 0.3) is 5.69 Å². The van der Waals surface area contributed by atoms with E-state index in [2.05, 4.69) is 15.3 Å². The highest BCUT2D eigenvalue weighted by Crippen LogP contribution is 2.19. The van der Waals surface area contributed by atoms with Gasteiger partial charge in [0, 0.05) is 34.7 Å². The van der Waals surface area contributed by atoms with Gasteiger partial charge in [-0.1, -0.05) is 12.1 Å². The maximum atomic E-state index is 12.7. The molecule has 0 bridgehead atoms. The number of carbonyl (C=O) groups excluding carboxylic acids is 1. The fourth-order valence-corrected chi connectivity index (χ4v) is 3.65. The Balaban J connectivity index is 1.46. The lowest BCUT2D eigenvalue weighted by Crippen LogP contribution is -2.12. The first-order valence-corrected chi connectivity index (χ1v) is 10.2. The molecule has 8 heteroatoms. The number of amides is 1. The zero-order valence-corrected chi connectivity index (χ0v) is 17.2. The molecule has 1 amide bonds. The number of nitrogens with one attached hydrogen (secondary N) is 2. The van der Waals surface area contributed by atoms with Crippen molar-refractivity contribution < 1.29 is 9.53 Å². The highest BCUT2D eigenvalue weighted by atomic mass is 32.1. The molecule has 2 N–H and O–H groups in total. The zero-order valence-electron chi connectivity index (χ0n) is 15.6. The number of benzene rings is 2. The van der Waals surface area contributed by atoms with Crippen molar-refractivity contribution in [1.82, 2.24) is 14.5 Å². The highest BCUT2D eigenvalue weighted by Gasteiger charge is 2.09. The number of nitrogens with zero attached hydrogens (tertiary/aromatic N) is 2. The van der Waals surface area contributed by atoms with Gasteiger partial charge in [-0.15, -0.1) is 11.3 Å². The Bertz CT molecular complexity index is 1210. The van der Waals surface area contributed by atoms with Gasteiger partial charge in [-0.25, -0.2) is 4.98 Å². The smallest absolute Gasteiger partial charge is 0.255 e. The van der Waals surface area contributed by atoms with E-state index in [1.165, 1.54) is 0 Å². The minimum Gasteiger partial charge on any atom is -0.487 e. The Morgan fingerprint density at radius 3 is 2.90 bits per heavy atom. The third kappa shape index (κ3) is 4.61. The van der Waals surface area contributed by atoms with Gasteiger partial charge in [-0.3, -0.25) is 9.36 Å². The first-order valence-electron chi connectivity index (χ1n) is 8.90. The van der Waals surface area contributed by atoms with Gasteiger partial charge < -0.3 is 15.0 Å². The average molecular weight is 423 g/mol. The summed E-state index contributed by atoms with van der Waals surface area (Å²) in [6.45, 7) is 2.33. The van der Waals surface area contributed by atoms with Gasteiger partial charge in [0.1, 0.15) is 12.4 Å². The van der Waals surface area contributed by atoms with Crippen LogP contribution in [-0.4, -0.2) is 20.4 Å². The normalized spacial score (nSPS) is 10.7. The van der Waals surface area contributed by atoms with Gasteiger partial charge in [0.2, 0.25) is 0 Å². The zero-order chi connectivity index (χ0) is 20.2. The molecule has 0 fully saturated rings. The molecule has 2 aromatic carbocycles. The molecule has 4 aromatic rings. The number of H-pyrrole nitrogens is 1. The van der Waals surface area contributed by atoms with E-state index >= 15 is 0 Å². The Kier molecular flexibility index (Phi) is 5.55. The molecule has 0 saturated heterocycles. The van der Waals surface area contributed by atoms with E-state index in [4.69, 9.17) is 17.0 Å². The van der Waals surface area contributed by atoms with Crippen molar-refractivity contribution in [2.75, 3.05) is 5.32 Å². The standard InChI is InChI=1S/C21H18N4O2S2/c1-14-23-17(13-29-14)12-27-19-7-2-4-15(10-19)20(26)24-16-5-3-6-18(11-16)25-9-8-22-21(25)28/h2-11,13H,12H2,1H3,(H,22,28)(H,24,26). The van der Waals surface area contributed by atoms with Crippen LogP contribution in [0.3, 0.4) is 0 Å². The van der Waals surface area contributed by atoms with Crippen LogP contribution in [0.15, 0.2) is 66.3 Å². The summed E-state index contributed by atoms with van der Waals surface area (Å²) < 4.78 is 8.20. The molecule has 0 aliphatic carbocycles. The number of carbonyl (C=O) groups is 1. The molecule has 0 spiro atoms. The number of hydrogen-bond acceptors (Lipinski definition) is 5. The van der Waals surface area contributed by atoms with E-state index in [0.29, 0.717) is 28.4 Å². The number of thiazole rings is 1. The van der Waals surface area contributed by atoms with Gasteiger partial charge in [0.05, 0.1) is 10.7 Å². The molecule has 4 rings (SSSR count). The minimum absolute atomic E-state index is 0.213. The van der Waals surface area contributed by atoms with Crippen molar-refractivity contribution in [3.05, 3.63) is 87.3 Å². The van der Waals surface area contributed by atoms with Gasteiger partial charge in [-0.2, -0.15) is 0 Å². The summed E-state index contributed by atoms with van der Waals surface area (Å²) >= 11 is 6.84. The molecule has 0 aliphatic heterocycles. The van der Waals surface area contributed by atoms with Gasteiger partial charge >= 0.3 is 0 Å². The largest absolute Gasteiger partial charge is 0.487 e. The Labute approximate surface area is 176 Å². The van der Waals surface area contributed by atoms with E-state index in [1.54, 1.807) is 35.7 Å². The molecule has 2 heterocycles. The van der Waals surface area contributed by atoms with Gasteiger partial charge in [-0.05, 0) is 55.5 Å². The van der Waals surface area contributed by atoms with Crippen LogP contribution >= 0.6 is 23.6 Å². The van der Waals surface area contributed by atoms with Gasteiger partial charge in [0.15, 0.2) is 4.77 Å². The number of rotatable bonds is 6. The first-order chi connectivity index (χ1) is 14.1. The molecule has 146 valence electrons. The maximum Gasteiger partial charge on any atom is 0.255 e. The van der Waals surface area contributed by atoms with Crippen LogP contribution in [0.4, 0.5) is 5.69 Å². The monoisotopic (exact) mass is 422 g/mol. The topological polar surface area (TPSA) is 71.9 Å². The van der Waals surface area contributed by atoms with Crippen LogP contribution in [0.5, 0.6) is 5.75 Å². The highest BCUT2D eigenvalue weighted by molar-refractivity contribution is 7.71. The van der Waals surface area contributed by atoms with E-state index in [0.717, 1.165) is 16.4 Å². The molecule has 0 unspecified atom stereocenters. The molecular formula is C21H18N4O2S2. The fraction of sp³-hybridized carbons (Fsp3) is 0.0952. The Morgan fingerprint density at radius 1 is 1.28 bits per heavy atom. The van der Waals surface area contributed by atoms with Crippen LogP contribution < -0.4 is 10.1 Å². The number of aromatic nitrogens is 3. The van der Waals surface area contributed by atoms with Crippen LogP contribution in [0.2, 0.25) is 0 Å². The summed E-state index contributed by atoms with van der Waals surface area (Å²) in [6, 6.07) is 14.6. The third-order valence-corrected chi connectivity index (χ3v) is 5.32. The summed E-state index contributed by atoms with van der Waals surface area (Å²) in [5.74, 6) is 0.408. The Morgan fingerprint density at radius 2 is 2.14 bits per heavy atom. The number of hydrogen-bond donors (Lipinski definition) is 2. The predicted octanol–water partition coefficient (Wildman–Crippen LogP) is 5.13. The second kappa shape index (κ2) is 8.42. The third-order valence-electron chi connectivity index (χ3n) is 4.18. The second-order valence-electron chi connectivity index (χ2n) is 6.31. The van der Waals surface area contributed by atoms with Crippen molar-refractivity contribution in [3.8, 4) is 11.4 Å². The number of anilines is 1. The molecule has 6 nitrogen and oxygen atoms in total. The molecule has 0 atom stereocenters. The quantitative estimate of drug-likeness (QED) is 0.423. The van der Waals surface area contributed by atoms with Crippen LogP contribution in [0.1, 0.15) is 21.1 Å². The van der Waals surface area contributed by atoms with Crippen LogP contribution in [-0.2, 0) is 6.61 Å². The summed E-state index contributed by atoms with van der Waals surface area (Å²) in [4.78, 5) is 20.0. The number of aromatic amines is 1. The molecule has 29 heavy (non-hydrogen) atoms. The summed E-state index contributed by atoms with van der Waals surface area (Å²) in [7, 11) is 0. The van der Waals surface area contributed by atoms with Crippen molar-refractivity contribution in [2.45, 2.75) is 13.5 Å². The lowest BCUT2D eigenvalue weighted by atomic mass is 10.2. The molecule has 0 saturated carbocycles. The van der Waals surface area contributed by atoms with E-state index < -0.39 is 0 Å². The molecule has 2 aromatic heterocycles. The lowest BCUT2D eigenvalue weighted by Gasteiger charge is -2.10. The lowest BCUT2D eigenvalue weighted by molar-refractivity contribution is 0.102. The van der Waals surface area contributed by atoms with Crippen molar-refractivity contribution in [2.24, 2.45) is 0 Å². The van der Waals surface area contributed by atoms with Crippen LogP contribution in [0, 0.1) is 11.7 Å². The van der Waals surface area contributed by atoms with E-state index in [-0.39, 0.29) is 5.91 Å². The minimum atomic E-state index is -0.213. The first kappa shape index (κ1) is 19.1. The molecule has 0 aliphatic rings. The van der Waals surface area contributed by atoms with Crippen molar-refractivity contribution >= 4 is 35.1 Å². The number of ether oxygens (including phenoxy) is 1. The summed E-state index contributed by atoms with van der Waals surface area (Å²) in [5.41, 5.74) is 2.94. The van der Waals surface area contributed by atoms with E-state index in [1.807, 2.05) is 53.4 Å². The summed E-state index contributed by atoms with van der Waals surface area (Å²) in [6.07, 6.45) is 3.61. The second-order valence-corrected chi connectivity index (χ2v) is 7.76. The summed E-state index contributed by atoms with van der Waals surface area (Å²) in [5, 5.41) is 5.89. The number of imidazole rings is 1. The number of aryl methyl sites for hydroxylation is 1. The SMILES string of the molecule is Cc1nc(COc2cccc(C(=O)Nc3cccc(-n4cc[nH]c4=S)c3)c2)cs1. The maximum absolute atomic E-state index is 12.7. The predicted molar refractivity (Wildman–Crippen MR) is 117 cm³/mol. The van der Waals surface area contributed by atoms with Crippen molar-refractivity contribution in [3.63, 3.8) is 0 Å². The average Bonchev–Trinajstić information content (AvgIpc) is 3.34. The fourth-order valence-electron chi connectivity index (χ4n) is 2.82. The van der Waals surface area contributed by atoms with Crippen molar-refractivity contribution in [1.29, 1.82) is 0 Å². The molecule has 0 radical (unpaired) electrons. The Hall–Kier alpha value is -3.23. The molecular weight excluding hydrogens is 404 g/mol. The van der Waals surface area contributed by atoms with Gasteiger partial charge in [0.25, 0.3) is 5.91 Å².